The van der Waals surface area contributed by atoms with Crippen molar-refractivity contribution in [1.29, 1.82) is 0 Å². The van der Waals surface area contributed by atoms with E-state index in [0.717, 1.165) is 12.1 Å². The van der Waals surface area contributed by atoms with Crippen molar-refractivity contribution in [3.8, 4) is 0 Å². The van der Waals surface area contributed by atoms with Gasteiger partial charge in [-0.2, -0.15) is 0 Å². The molecule has 1 aromatic rings. The number of carboxylic acid groups (broad SMARTS) is 1. The summed E-state index contributed by atoms with van der Waals surface area (Å²) in [5.41, 5.74) is 0.984. The summed E-state index contributed by atoms with van der Waals surface area (Å²) in [4.78, 5) is 14.4. The molecule has 0 aliphatic carbocycles. The zero-order valence-corrected chi connectivity index (χ0v) is 7.90. The highest BCUT2D eigenvalue weighted by atomic mass is 16.4. The van der Waals surface area contributed by atoms with Crippen LogP contribution in [0.5, 0.6) is 0 Å². The average Bonchev–Trinajstić information content (AvgIpc) is 2.34. The van der Waals surface area contributed by atoms with Crippen LogP contribution in [0.15, 0.2) is 12.5 Å². The fourth-order valence-corrected chi connectivity index (χ4v) is 1.22. The van der Waals surface area contributed by atoms with Gasteiger partial charge in [0.25, 0.3) is 0 Å². The smallest absolute Gasteiger partial charge is 0.323 e. The first-order chi connectivity index (χ1) is 6.09. The van der Waals surface area contributed by atoms with Gasteiger partial charge in [0.05, 0.1) is 6.33 Å². The van der Waals surface area contributed by atoms with Gasteiger partial charge in [-0.05, 0) is 12.3 Å². The van der Waals surface area contributed by atoms with Crippen LogP contribution in [0.25, 0.3) is 0 Å². The van der Waals surface area contributed by atoms with Gasteiger partial charge in [0, 0.05) is 11.9 Å². The number of hydrogen-bond donors (Lipinski definition) is 1. The molecule has 13 heavy (non-hydrogen) atoms. The SMILES string of the molecule is CC(C)Cc1cncn1CC(=O)O. The molecular formula is C9H14N2O2. The summed E-state index contributed by atoms with van der Waals surface area (Å²) in [5, 5.41) is 8.60. The Morgan fingerprint density at radius 2 is 2.38 bits per heavy atom. The minimum atomic E-state index is -0.831. The van der Waals surface area contributed by atoms with Crippen LogP contribution in [0.4, 0.5) is 0 Å². The Bertz CT molecular complexity index is 292. The molecule has 0 spiro atoms. The Balaban J connectivity index is 2.71. The monoisotopic (exact) mass is 182 g/mol. The molecule has 0 radical (unpaired) electrons. The highest BCUT2D eigenvalue weighted by Gasteiger charge is 2.06. The minimum Gasteiger partial charge on any atom is -0.480 e. The molecule has 1 heterocycles. The first kappa shape index (κ1) is 9.77. The lowest BCUT2D eigenvalue weighted by atomic mass is 10.1. The number of carbonyl (C=O) groups is 1. The van der Waals surface area contributed by atoms with Crippen LogP contribution in [0.2, 0.25) is 0 Å². The van der Waals surface area contributed by atoms with E-state index < -0.39 is 5.97 Å². The first-order valence-corrected chi connectivity index (χ1v) is 4.30. The van der Waals surface area contributed by atoms with Crippen molar-refractivity contribution in [3.05, 3.63) is 18.2 Å². The molecule has 0 fully saturated rings. The van der Waals surface area contributed by atoms with Crippen molar-refractivity contribution in [2.24, 2.45) is 5.92 Å². The van der Waals surface area contributed by atoms with Crippen molar-refractivity contribution in [3.63, 3.8) is 0 Å². The molecule has 0 aliphatic rings. The van der Waals surface area contributed by atoms with E-state index in [1.165, 1.54) is 0 Å². The molecule has 0 amide bonds. The van der Waals surface area contributed by atoms with E-state index in [1.807, 2.05) is 0 Å². The summed E-state index contributed by atoms with van der Waals surface area (Å²) in [5.74, 6) is -0.313. The molecule has 1 rings (SSSR count). The Hall–Kier alpha value is -1.32. The molecule has 0 aliphatic heterocycles. The summed E-state index contributed by atoms with van der Waals surface area (Å²) < 4.78 is 1.67. The summed E-state index contributed by atoms with van der Waals surface area (Å²) >= 11 is 0. The number of nitrogens with zero attached hydrogens (tertiary/aromatic N) is 2. The maximum atomic E-state index is 10.5. The molecule has 0 saturated heterocycles. The van der Waals surface area contributed by atoms with Crippen molar-refractivity contribution in [2.75, 3.05) is 0 Å². The average molecular weight is 182 g/mol. The number of rotatable bonds is 4. The molecule has 1 N–H and O–H groups in total. The van der Waals surface area contributed by atoms with Crippen molar-refractivity contribution in [1.82, 2.24) is 9.55 Å². The zero-order chi connectivity index (χ0) is 9.84. The second kappa shape index (κ2) is 4.07. The van der Waals surface area contributed by atoms with Crippen LogP contribution >= 0.6 is 0 Å². The summed E-state index contributed by atoms with van der Waals surface area (Å²) in [7, 11) is 0. The van der Waals surface area contributed by atoms with Crippen LogP contribution in [0, 0.1) is 5.92 Å². The van der Waals surface area contributed by atoms with Crippen molar-refractivity contribution >= 4 is 5.97 Å². The van der Waals surface area contributed by atoms with E-state index in [1.54, 1.807) is 17.1 Å². The highest BCUT2D eigenvalue weighted by molar-refractivity contribution is 5.66. The van der Waals surface area contributed by atoms with E-state index in [0.29, 0.717) is 5.92 Å². The van der Waals surface area contributed by atoms with Gasteiger partial charge in [-0.1, -0.05) is 13.8 Å². The summed E-state index contributed by atoms with van der Waals surface area (Å²) in [6.45, 7) is 4.19. The second-order valence-corrected chi connectivity index (χ2v) is 3.50. The molecule has 4 heteroatoms. The maximum Gasteiger partial charge on any atom is 0.323 e. The fraction of sp³-hybridized carbons (Fsp3) is 0.556. The van der Waals surface area contributed by atoms with Crippen molar-refractivity contribution < 1.29 is 9.90 Å². The van der Waals surface area contributed by atoms with E-state index in [2.05, 4.69) is 18.8 Å². The molecule has 1 aromatic heterocycles. The predicted octanol–water partition coefficient (Wildman–Crippen LogP) is 1.17. The van der Waals surface area contributed by atoms with Gasteiger partial charge < -0.3 is 9.67 Å². The van der Waals surface area contributed by atoms with Crippen LogP contribution in [0.1, 0.15) is 19.5 Å². The standard InChI is InChI=1S/C9H14N2O2/c1-7(2)3-8-4-10-6-11(8)5-9(12)13/h4,6-7H,3,5H2,1-2H3,(H,12,13). The van der Waals surface area contributed by atoms with Gasteiger partial charge in [-0.3, -0.25) is 4.79 Å². The Kier molecular flexibility index (Phi) is 3.06. The van der Waals surface area contributed by atoms with Crippen LogP contribution < -0.4 is 0 Å². The molecule has 0 unspecified atom stereocenters. The molecular weight excluding hydrogens is 168 g/mol. The summed E-state index contributed by atoms with van der Waals surface area (Å²) in [6, 6.07) is 0. The molecule has 0 aromatic carbocycles. The largest absolute Gasteiger partial charge is 0.480 e. The normalized spacial score (nSPS) is 10.7. The predicted molar refractivity (Wildman–Crippen MR) is 48.4 cm³/mol. The quantitative estimate of drug-likeness (QED) is 0.760. The third-order valence-electron chi connectivity index (χ3n) is 1.72. The lowest BCUT2D eigenvalue weighted by Gasteiger charge is -2.06. The minimum absolute atomic E-state index is 0.00204. The Morgan fingerprint density at radius 1 is 1.69 bits per heavy atom. The zero-order valence-electron chi connectivity index (χ0n) is 7.90. The lowest BCUT2D eigenvalue weighted by Crippen LogP contribution is -2.11. The van der Waals surface area contributed by atoms with E-state index in [4.69, 9.17) is 5.11 Å². The lowest BCUT2D eigenvalue weighted by molar-refractivity contribution is -0.137. The molecule has 0 atom stereocenters. The van der Waals surface area contributed by atoms with Crippen molar-refractivity contribution in [2.45, 2.75) is 26.8 Å². The topological polar surface area (TPSA) is 55.1 Å². The molecule has 4 nitrogen and oxygen atoms in total. The van der Waals surface area contributed by atoms with Crippen LogP contribution in [0.3, 0.4) is 0 Å². The van der Waals surface area contributed by atoms with Gasteiger partial charge in [0.1, 0.15) is 6.54 Å². The first-order valence-electron chi connectivity index (χ1n) is 4.30. The van der Waals surface area contributed by atoms with E-state index >= 15 is 0 Å². The van der Waals surface area contributed by atoms with E-state index in [9.17, 15) is 4.79 Å². The summed E-state index contributed by atoms with van der Waals surface area (Å²) in [6.07, 6.45) is 4.15. The van der Waals surface area contributed by atoms with Crippen LogP contribution in [-0.4, -0.2) is 20.6 Å². The maximum absolute atomic E-state index is 10.5. The van der Waals surface area contributed by atoms with Gasteiger partial charge >= 0.3 is 5.97 Å². The molecule has 0 bridgehead atoms. The number of aromatic nitrogens is 2. The third-order valence-corrected chi connectivity index (χ3v) is 1.72. The number of carboxylic acids is 1. The van der Waals surface area contributed by atoms with Gasteiger partial charge in [0.2, 0.25) is 0 Å². The van der Waals surface area contributed by atoms with E-state index in [-0.39, 0.29) is 6.54 Å². The van der Waals surface area contributed by atoms with Crippen LogP contribution in [-0.2, 0) is 17.8 Å². The number of aliphatic carboxylic acids is 1. The second-order valence-electron chi connectivity index (χ2n) is 3.50. The number of imidazole rings is 1. The number of hydrogen-bond acceptors (Lipinski definition) is 2. The van der Waals surface area contributed by atoms with Gasteiger partial charge in [0.15, 0.2) is 0 Å². The fourth-order valence-electron chi connectivity index (χ4n) is 1.22. The Labute approximate surface area is 77.2 Å². The molecule has 72 valence electrons. The third kappa shape index (κ3) is 2.89. The highest BCUT2D eigenvalue weighted by Crippen LogP contribution is 2.07. The van der Waals surface area contributed by atoms with Gasteiger partial charge in [-0.15, -0.1) is 0 Å². The Morgan fingerprint density at radius 3 is 2.92 bits per heavy atom. The molecule has 0 saturated carbocycles. The van der Waals surface area contributed by atoms with Gasteiger partial charge in [-0.25, -0.2) is 4.98 Å².